The lowest BCUT2D eigenvalue weighted by molar-refractivity contribution is -0.142. The van der Waals surface area contributed by atoms with Crippen LogP contribution in [-0.4, -0.2) is 23.0 Å². The van der Waals surface area contributed by atoms with Crippen LogP contribution >= 0.6 is 0 Å². The van der Waals surface area contributed by atoms with Crippen LogP contribution < -0.4 is 5.32 Å². The summed E-state index contributed by atoms with van der Waals surface area (Å²) in [5.41, 5.74) is 0. The van der Waals surface area contributed by atoms with Gasteiger partial charge in [-0.05, 0) is 31.1 Å². The van der Waals surface area contributed by atoms with Crippen LogP contribution in [0.5, 0.6) is 0 Å². The zero-order chi connectivity index (χ0) is 13.5. The average Bonchev–Trinajstić information content (AvgIpc) is 2.28. The van der Waals surface area contributed by atoms with E-state index in [1.54, 1.807) is 0 Å². The Morgan fingerprint density at radius 3 is 2.33 bits per heavy atom. The van der Waals surface area contributed by atoms with Gasteiger partial charge in [-0.2, -0.15) is 0 Å². The van der Waals surface area contributed by atoms with E-state index in [9.17, 15) is 9.59 Å². The molecule has 0 aromatic carbocycles. The molecule has 0 aliphatic heterocycles. The second-order valence-corrected chi connectivity index (χ2v) is 5.80. The van der Waals surface area contributed by atoms with E-state index in [0.29, 0.717) is 18.8 Å². The Balaban J connectivity index is 2.37. The first kappa shape index (κ1) is 15.0. The molecule has 0 heterocycles. The number of carboxylic acids is 1. The Labute approximate surface area is 109 Å². The number of rotatable bonds is 6. The summed E-state index contributed by atoms with van der Waals surface area (Å²) in [6.45, 7) is 3.92. The summed E-state index contributed by atoms with van der Waals surface area (Å²) in [6, 6.07) is -0.735. The van der Waals surface area contributed by atoms with Gasteiger partial charge in [0.2, 0.25) is 5.91 Å². The normalized spacial score (nSPS) is 18.6. The molecule has 0 aromatic heterocycles. The molecular weight excluding hydrogens is 230 g/mol. The smallest absolute Gasteiger partial charge is 0.326 e. The van der Waals surface area contributed by atoms with Gasteiger partial charge in [-0.1, -0.05) is 33.1 Å². The fourth-order valence-corrected chi connectivity index (χ4v) is 2.60. The number of aliphatic carboxylic acids is 1. The van der Waals surface area contributed by atoms with Crippen molar-refractivity contribution in [2.24, 2.45) is 11.8 Å². The third-order valence-electron chi connectivity index (χ3n) is 3.54. The van der Waals surface area contributed by atoms with Crippen molar-refractivity contribution in [1.29, 1.82) is 0 Å². The standard InChI is InChI=1S/C14H25NO3/c1-10(2)8-12(14(17)18)15-13(16)9-11-6-4-3-5-7-11/h10-12H,3-9H2,1-2H3,(H,15,16)(H,17,18)/t12-/m1/s1. The molecule has 0 spiro atoms. The first-order chi connectivity index (χ1) is 8.49. The molecule has 0 bridgehead atoms. The number of carbonyl (C=O) groups is 2. The number of nitrogens with one attached hydrogen (secondary N) is 1. The lowest BCUT2D eigenvalue weighted by atomic mass is 9.87. The van der Waals surface area contributed by atoms with E-state index >= 15 is 0 Å². The largest absolute Gasteiger partial charge is 0.480 e. The quantitative estimate of drug-likeness (QED) is 0.766. The van der Waals surface area contributed by atoms with Crippen molar-refractivity contribution < 1.29 is 14.7 Å². The first-order valence-corrected chi connectivity index (χ1v) is 7.01. The van der Waals surface area contributed by atoms with Crippen molar-refractivity contribution in [3.05, 3.63) is 0 Å². The minimum absolute atomic E-state index is 0.102. The van der Waals surface area contributed by atoms with Crippen molar-refractivity contribution in [3.63, 3.8) is 0 Å². The van der Waals surface area contributed by atoms with Crippen molar-refractivity contribution in [1.82, 2.24) is 5.32 Å². The van der Waals surface area contributed by atoms with E-state index in [0.717, 1.165) is 12.8 Å². The predicted molar refractivity (Wildman–Crippen MR) is 70.2 cm³/mol. The van der Waals surface area contributed by atoms with Gasteiger partial charge < -0.3 is 10.4 Å². The highest BCUT2D eigenvalue weighted by atomic mass is 16.4. The topological polar surface area (TPSA) is 66.4 Å². The summed E-state index contributed by atoms with van der Waals surface area (Å²) in [5.74, 6) is -0.316. The Bertz CT molecular complexity index is 283. The van der Waals surface area contributed by atoms with E-state index in [-0.39, 0.29) is 11.8 Å². The lowest BCUT2D eigenvalue weighted by Gasteiger charge is -2.22. The maximum atomic E-state index is 11.8. The molecule has 104 valence electrons. The maximum absolute atomic E-state index is 11.8. The zero-order valence-electron chi connectivity index (χ0n) is 11.4. The second-order valence-electron chi connectivity index (χ2n) is 5.80. The van der Waals surface area contributed by atoms with Gasteiger partial charge in [-0.3, -0.25) is 4.79 Å². The van der Waals surface area contributed by atoms with Crippen LogP contribution in [0.2, 0.25) is 0 Å². The van der Waals surface area contributed by atoms with Gasteiger partial charge in [0.1, 0.15) is 6.04 Å². The van der Waals surface area contributed by atoms with Gasteiger partial charge in [0.25, 0.3) is 0 Å². The summed E-state index contributed by atoms with van der Waals surface area (Å²) in [6.07, 6.45) is 6.86. The van der Waals surface area contributed by atoms with E-state index in [4.69, 9.17) is 5.11 Å². The summed E-state index contributed by atoms with van der Waals surface area (Å²) in [5, 5.41) is 11.7. The van der Waals surface area contributed by atoms with Crippen molar-refractivity contribution in [3.8, 4) is 0 Å². The van der Waals surface area contributed by atoms with Crippen LogP contribution in [0.3, 0.4) is 0 Å². The summed E-state index contributed by atoms with van der Waals surface area (Å²) in [4.78, 5) is 22.9. The molecule has 1 aliphatic carbocycles. The fourth-order valence-electron chi connectivity index (χ4n) is 2.60. The van der Waals surface area contributed by atoms with Gasteiger partial charge in [-0.25, -0.2) is 4.79 Å². The third-order valence-corrected chi connectivity index (χ3v) is 3.54. The van der Waals surface area contributed by atoms with Crippen LogP contribution in [0.15, 0.2) is 0 Å². The zero-order valence-corrected chi connectivity index (χ0v) is 11.4. The van der Waals surface area contributed by atoms with Crippen LogP contribution in [-0.2, 0) is 9.59 Å². The molecular formula is C14H25NO3. The van der Waals surface area contributed by atoms with Crippen LogP contribution in [0.1, 0.15) is 58.8 Å². The van der Waals surface area contributed by atoms with Gasteiger partial charge in [0.15, 0.2) is 0 Å². The van der Waals surface area contributed by atoms with Crippen LogP contribution in [0.25, 0.3) is 0 Å². The number of hydrogen-bond donors (Lipinski definition) is 2. The molecule has 1 saturated carbocycles. The summed E-state index contributed by atoms with van der Waals surface area (Å²) < 4.78 is 0. The predicted octanol–water partition coefficient (Wildman–Crippen LogP) is 2.57. The molecule has 0 radical (unpaired) electrons. The van der Waals surface area contributed by atoms with Gasteiger partial charge in [0.05, 0.1) is 0 Å². The molecule has 0 saturated heterocycles. The number of carboxylic acid groups (broad SMARTS) is 1. The molecule has 1 amide bonds. The Kier molecular flexibility index (Phi) is 6.16. The van der Waals surface area contributed by atoms with E-state index in [1.807, 2.05) is 13.8 Å². The molecule has 4 nitrogen and oxygen atoms in total. The molecule has 18 heavy (non-hydrogen) atoms. The molecule has 1 atom stereocenters. The highest BCUT2D eigenvalue weighted by Crippen LogP contribution is 2.26. The lowest BCUT2D eigenvalue weighted by Crippen LogP contribution is -2.42. The number of hydrogen-bond acceptors (Lipinski definition) is 2. The van der Waals surface area contributed by atoms with Crippen molar-refractivity contribution in [2.45, 2.75) is 64.8 Å². The Morgan fingerprint density at radius 1 is 1.22 bits per heavy atom. The van der Waals surface area contributed by atoms with Gasteiger partial charge in [0, 0.05) is 6.42 Å². The molecule has 1 fully saturated rings. The SMILES string of the molecule is CC(C)C[C@@H](NC(=O)CC1CCCCC1)C(=O)O. The van der Waals surface area contributed by atoms with Crippen molar-refractivity contribution in [2.75, 3.05) is 0 Å². The van der Waals surface area contributed by atoms with E-state index in [1.165, 1.54) is 19.3 Å². The highest BCUT2D eigenvalue weighted by Gasteiger charge is 2.23. The van der Waals surface area contributed by atoms with Gasteiger partial charge >= 0.3 is 5.97 Å². The third kappa shape index (κ3) is 5.52. The minimum atomic E-state index is -0.930. The molecule has 0 aromatic rings. The molecule has 0 unspecified atom stereocenters. The molecule has 1 aliphatic rings. The van der Waals surface area contributed by atoms with Gasteiger partial charge in [-0.15, -0.1) is 0 Å². The summed E-state index contributed by atoms with van der Waals surface area (Å²) >= 11 is 0. The molecule has 1 rings (SSSR count). The fraction of sp³-hybridized carbons (Fsp3) is 0.857. The first-order valence-electron chi connectivity index (χ1n) is 7.01. The van der Waals surface area contributed by atoms with E-state index in [2.05, 4.69) is 5.32 Å². The second kappa shape index (κ2) is 7.39. The average molecular weight is 255 g/mol. The van der Waals surface area contributed by atoms with E-state index < -0.39 is 12.0 Å². The minimum Gasteiger partial charge on any atom is -0.480 e. The molecule has 4 heteroatoms. The highest BCUT2D eigenvalue weighted by molar-refractivity contribution is 5.83. The molecule has 2 N–H and O–H groups in total. The summed E-state index contributed by atoms with van der Waals surface area (Å²) in [7, 11) is 0. The van der Waals surface area contributed by atoms with Crippen molar-refractivity contribution >= 4 is 11.9 Å². The Morgan fingerprint density at radius 2 is 1.83 bits per heavy atom. The number of carbonyl (C=O) groups excluding carboxylic acids is 1. The monoisotopic (exact) mass is 255 g/mol. The number of amides is 1. The maximum Gasteiger partial charge on any atom is 0.326 e. The Hall–Kier alpha value is -1.06. The van der Waals surface area contributed by atoms with Crippen LogP contribution in [0, 0.1) is 11.8 Å². The van der Waals surface area contributed by atoms with Crippen LogP contribution in [0.4, 0.5) is 0 Å².